The minimum absolute atomic E-state index is 0.0399. The van der Waals surface area contributed by atoms with E-state index in [1.165, 1.54) is 27.4 Å². The third-order valence-electron chi connectivity index (χ3n) is 20.9. The van der Waals surface area contributed by atoms with E-state index in [0.29, 0.717) is 156 Å². The van der Waals surface area contributed by atoms with Crippen molar-refractivity contribution in [1.82, 2.24) is 54.8 Å². The summed E-state index contributed by atoms with van der Waals surface area (Å²) in [4.78, 5) is 153. The van der Waals surface area contributed by atoms with Crippen molar-refractivity contribution in [1.29, 1.82) is 0 Å². The van der Waals surface area contributed by atoms with E-state index in [0.717, 1.165) is 144 Å². The van der Waals surface area contributed by atoms with Gasteiger partial charge in [-0.05, 0) is 116 Å². The average Bonchev–Trinajstić information content (AvgIpc) is 1.80. The average molecular weight is 1570 g/mol. The Morgan fingerprint density at radius 2 is 0.324 bits per heavy atom. The van der Waals surface area contributed by atoms with Gasteiger partial charge in [-0.25, -0.2) is 112 Å². The number of ether oxygens (including phenoxy) is 15. The number of hydrogen-bond donors (Lipinski definition) is 0. The van der Waals surface area contributed by atoms with E-state index in [2.05, 4.69) is 0 Å². The van der Waals surface area contributed by atoms with E-state index in [1.54, 1.807) is 0 Å². The second-order valence-corrected chi connectivity index (χ2v) is 30.2. The second-order valence-electron chi connectivity index (χ2n) is 30.2. The minimum atomic E-state index is -0.675. The van der Waals surface area contributed by atoms with Crippen molar-refractivity contribution in [2.24, 2.45) is 0 Å². The van der Waals surface area contributed by atoms with Gasteiger partial charge in [-0.15, -0.1) is 0 Å². The first-order valence-corrected chi connectivity index (χ1v) is 39.9. The summed E-state index contributed by atoms with van der Waals surface area (Å²) in [5, 5.41) is 0. The molecule has 0 amide bonds. The first kappa shape index (κ1) is 82.0. The topological polar surface area (TPSA) is 442 Å². The predicted octanol–water partition coefficient (Wildman–Crippen LogP) is -3.46. The van der Waals surface area contributed by atoms with Crippen LogP contribution in [0.1, 0.15) is 116 Å². The zero-order valence-corrected chi connectivity index (χ0v) is 63.3. The van der Waals surface area contributed by atoms with Crippen LogP contribution < -0.4 is 68.3 Å². The van der Waals surface area contributed by atoms with Crippen LogP contribution in [0, 0.1) is 0 Å². The Labute approximate surface area is 635 Å². The van der Waals surface area contributed by atoms with E-state index in [1.807, 2.05) is 0 Å². The summed E-state index contributed by atoms with van der Waals surface area (Å²) < 4.78 is 92.1. The molecule has 0 spiro atoms. The number of unbranched alkanes of at least 4 members (excludes halogenated alkanes) is 3. The maximum Gasteiger partial charge on any atom is 0.336 e. The van der Waals surface area contributed by atoms with Crippen LogP contribution in [0.2, 0.25) is 0 Å². The standard InChI is InChI=1S/C21H33N3O6.C18H27N3O9.C18H27N3O6.C15H21N3O6/c25-19-22(10-4-1-7-16-13-28-16)20(26)24(12-6-3-9-18-15-30-18)21(27)23(19)11-5-2-8-17-14-29-17;22-16-19(1-4-25-7-13-10-28-13)17(23)21(3-6-27-9-15-12-30-15)18(24)20(16)2-5-26-8-14-11-29-14;22-16-19(7-1-4-13-10-25-13)17(23)21(9-3-6-15-12-27-15)18(24)20(16)8-2-5-14-11-26-14;19-13-16(4-1-10-7-22-10)14(20)18(6-3-12-9-24-12)15(21)17(13)5-2-11-8-23-11/h16-18H,1-15H2;13-15H,1-12H2;13-15H,1-12H2;10-12H,1-9H2. The monoisotopic (exact) mass is 1570 g/mol. The number of nitrogens with zero attached hydrogens (tertiary/aromatic N) is 12. The molecule has 0 bridgehead atoms. The summed E-state index contributed by atoms with van der Waals surface area (Å²) in [6, 6.07) is 0. The molecular formula is C72H108N12O27. The van der Waals surface area contributed by atoms with Gasteiger partial charge >= 0.3 is 68.3 Å². The van der Waals surface area contributed by atoms with E-state index in [9.17, 15) is 57.5 Å². The summed E-state index contributed by atoms with van der Waals surface area (Å²) in [5.74, 6) is 0. The van der Waals surface area contributed by atoms with E-state index >= 15 is 0 Å². The normalized spacial score (nSPS) is 25.2. The van der Waals surface area contributed by atoms with Crippen molar-refractivity contribution in [3.05, 3.63) is 126 Å². The third-order valence-corrected chi connectivity index (χ3v) is 20.9. The van der Waals surface area contributed by atoms with Gasteiger partial charge in [0.1, 0.15) is 18.3 Å². The number of epoxide rings is 12. The zero-order chi connectivity index (χ0) is 77.3. The number of aromatic nitrogens is 12. The van der Waals surface area contributed by atoms with Gasteiger partial charge in [-0.1, -0.05) is 0 Å². The highest BCUT2D eigenvalue weighted by molar-refractivity contribution is 4.88. The lowest BCUT2D eigenvalue weighted by atomic mass is 10.2. The van der Waals surface area contributed by atoms with Crippen LogP contribution in [0.25, 0.3) is 0 Å². The van der Waals surface area contributed by atoms with Crippen molar-refractivity contribution in [3.63, 3.8) is 0 Å². The fraction of sp³-hybridized carbons (Fsp3) is 0.833. The smallest absolute Gasteiger partial charge is 0.336 e. The fourth-order valence-electron chi connectivity index (χ4n) is 12.9. The molecule has 12 aliphatic rings. The Kier molecular flexibility index (Phi) is 29.5. The maximum atomic E-state index is 12.9. The van der Waals surface area contributed by atoms with E-state index in [4.69, 9.17) is 71.1 Å². The first-order chi connectivity index (χ1) is 54.0. The van der Waals surface area contributed by atoms with E-state index < -0.39 is 68.3 Å². The minimum Gasteiger partial charge on any atom is -0.377 e. The molecule has 0 N–H and O–H groups in total. The molecule has 111 heavy (non-hydrogen) atoms. The molecule has 12 atom stereocenters. The molecule has 0 aliphatic carbocycles. The van der Waals surface area contributed by atoms with Crippen LogP contribution in [0.3, 0.4) is 0 Å². The van der Waals surface area contributed by atoms with Crippen molar-refractivity contribution in [2.75, 3.05) is 119 Å². The van der Waals surface area contributed by atoms with Crippen molar-refractivity contribution >= 4 is 0 Å². The summed E-state index contributed by atoms with van der Waals surface area (Å²) in [5.41, 5.74) is -6.56. The predicted molar refractivity (Wildman–Crippen MR) is 389 cm³/mol. The van der Waals surface area contributed by atoms with Crippen molar-refractivity contribution in [3.8, 4) is 0 Å². The highest BCUT2D eigenvalue weighted by Crippen LogP contribution is 2.22. The molecule has 0 aromatic carbocycles. The Morgan fingerprint density at radius 1 is 0.180 bits per heavy atom. The largest absolute Gasteiger partial charge is 0.377 e. The lowest BCUT2D eigenvalue weighted by Gasteiger charge is -2.14. The molecule has 12 unspecified atom stereocenters. The molecule has 12 aliphatic heterocycles. The summed E-state index contributed by atoms with van der Waals surface area (Å²) in [6.07, 6.45) is 16.5. The van der Waals surface area contributed by atoms with Gasteiger partial charge < -0.3 is 71.1 Å². The Morgan fingerprint density at radius 3 is 0.505 bits per heavy atom. The third kappa shape index (κ3) is 26.3. The van der Waals surface area contributed by atoms with Crippen LogP contribution in [-0.4, -0.2) is 247 Å². The molecule has 0 radical (unpaired) electrons. The molecule has 16 rings (SSSR count). The molecule has 39 heteroatoms. The van der Waals surface area contributed by atoms with Gasteiger partial charge in [0.2, 0.25) is 0 Å². The van der Waals surface area contributed by atoms with Crippen molar-refractivity contribution in [2.45, 2.75) is 267 Å². The molecule has 4 aromatic heterocycles. The number of rotatable bonds is 51. The van der Waals surface area contributed by atoms with Gasteiger partial charge in [-0.3, -0.25) is 0 Å². The Hall–Kier alpha value is -6.96. The van der Waals surface area contributed by atoms with Crippen molar-refractivity contribution < 1.29 is 71.1 Å². The van der Waals surface area contributed by atoms with Crippen LogP contribution in [0.5, 0.6) is 0 Å². The van der Waals surface area contributed by atoms with Crippen LogP contribution in [-0.2, 0) is 150 Å². The molecule has 12 saturated heterocycles. The maximum absolute atomic E-state index is 12.9. The Bertz CT molecular complexity index is 3790. The first-order valence-electron chi connectivity index (χ1n) is 39.9. The molecule has 12 fully saturated rings. The van der Waals surface area contributed by atoms with Crippen LogP contribution in [0.15, 0.2) is 57.5 Å². The van der Waals surface area contributed by atoms with Gasteiger partial charge in [0.25, 0.3) is 0 Å². The molecule has 4 aromatic rings. The quantitative estimate of drug-likeness (QED) is 0.0306. The number of hydrogen-bond acceptors (Lipinski definition) is 27. The molecule has 39 nitrogen and oxygen atoms in total. The summed E-state index contributed by atoms with van der Waals surface area (Å²) >= 11 is 0. The fourth-order valence-corrected chi connectivity index (χ4v) is 12.9. The second kappa shape index (κ2) is 39.9. The lowest BCUT2D eigenvalue weighted by Crippen LogP contribution is -2.55. The summed E-state index contributed by atoms with van der Waals surface area (Å²) in [6.45, 7) is 13.3. The van der Waals surface area contributed by atoms with E-state index in [-0.39, 0.29) is 114 Å². The lowest BCUT2D eigenvalue weighted by molar-refractivity contribution is 0.0974. The van der Waals surface area contributed by atoms with Crippen LogP contribution >= 0.6 is 0 Å². The Balaban J connectivity index is 0.000000130. The SMILES string of the molecule is O=c1n(CCC2CO2)c(=O)n(CCC2CO2)c(=O)n1CCC1CO1.O=c1n(CCCC2CO2)c(=O)n(CCCC2CO2)c(=O)n1CCCC1CO1.O=c1n(CCCCC2CO2)c(=O)n(CCCCC2CO2)c(=O)n1CCCCC1CO1.O=c1n(CCOCC2CO2)c(=O)n(CCOCC2CO2)c(=O)n1CCOCC1CO1. The van der Waals surface area contributed by atoms with Crippen LogP contribution in [0.4, 0.5) is 0 Å². The molecule has 16 heterocycles. The zero-order valence-electron chi connectivity index (χ0n) is 63.3. The summed E-state index contributed by atoms with van der Waals surface area (Å²) in [7, 11) is 0. The van der Waals surface area contributed by atoms with Gasteiger partial charge in [0, 0.05) is 58.9 Å². The molecule has 0 saturated carbocycles. The van der Waals surface area contributed by atoms with Gasteiger partial charge in [0.15, 0.2) is 0 Å². The molecular weight excluding hydrogens is 1460 g/mol. The molecule has 618 valence electrons. The highest BCUT2D eigenvalue weighted by Gasteiger charge is 2.32. The van der Waals surface area contributed by atoms with Gasteiger partial charge in [-0.2, -0.15) is 0 Å². The van der Waals surface area contributed by atoms with Gasteiger partial charge in [0.05, 0.1) is 193 Å². The highest BCUT2D eigenvalue weighted by atomic mass is 16.6.